The van der Waals surface area contributed by atoms with Crippen molar-refractivity contribution in [3.05, 3.63) is 42.2 Å². The molecule has 0 saturated carbocycles. The van der Waals surface area contributed by atoms with Crippen LogP contribution in [0.3, 0.4) is 0 Å². The number of likely N-dealkylation sites (tertiary alicyclic amines) is 1. The van der Waals surface area contributed by atoms with Gasteiger partial charge in [0.25, 0.3) is 0 Å². The zero-order valence-corrected chi connectivity index (χ0v) is 19.4. The Bertz CT molecular complexity index is 1170. The Morgan fingerprint density at radius 2 is 1.97 bits per heavy atom. The Kier molecular flexibility index (Phi) is 5.73. The smallest absolute Gasteiger partial charge is 0.410 e. The molecule has 2 N–H and O–H groups in total. The summed E-state index contributed by atoms with van der Waals surface area (Å²) in [5, 5.41) is 17.7. The fourth-order valence-corrected chi connectivity index (χ4v) is 3.61. The highest BCUT2D eigenvalue weighted by atomic mass is 19.1. The maximum atomic E-state index is 14.6. The van der Waals surface area contributed by atoms with E-state index in [0.717, 1.165) is 0 Å². The number of nitrogens with one attached hydrogen (secondary N) is 1. The predicted octanol–water partition coefficient (Wildman–Crippen LogP) is 3.39. The topological polar surface area (TPSA) is 105 Å². The summed E-state index contributed by atoms with van der Waals surface area (Å²) < 4.78 is 21.6. The van der Waals surface area contributed by atoms with Crippen molar-refractivity contribution in [1.29, 1.82) is 0 Å². The summed E-state index contributed by atoms with van der Waals surface area (Å²) in [5.41, 5.74) is 0.834. The Hall–Kier alpha value is -3.27. The standard InChI is InChI=1S/C23H29FN6O3/c1-22(2,3)33-21(31)29-12-15(24)17(13-29)28-19-8-6-7-16(27-19)18-11-25-20-9-14(23(4,5)32)10-26-30(18)20/h6-11,15,17,32H,12-13H2,1-5H3,(H,27,28)/t15-,17-/m0/s1. The molecule has 0 aliphatic carbocycles. The molecule has 3 aromatic heterocycles. The number of carbonyl (C=O) groups excluding carboxylic acids is 1. The van der Waals surface area contributed by atoms with Crippen LogP contribution in [-0.4, -0.2) is 66.6 Å². The van der Waals surface area contributed by atoms with Crippen molar-refractivity contribution in [1.82, 2.24) is 24.5 Å². The van der Waals surface area contributed by atoms with E-state index >= 15 is 0 Å². The fraction of sp³-hybridized carbons (Fsp3) is 0.478. The number of fused-ring (bicyclic) bond motifs is 1. The number of halogens is 1. The number of ether oxygens (including phenoxy) is 1. The number of alkyl halides is 1. The molecular formula is C23H29FN6O3. The highest BCUT2D eigenvalue weighted by Crippen LogP contribution is 2.25. The molecule has 33 heavy (non-hydrogen) atoms. The van der Waals surface area contributed by atoms with Crippen LogP contribution in [0, 0.1) is 0 Å². The second kappa shape index (κ2) is 8.26. The Balaban J connectivity index is 1.51. The van der Waals surface area contributed by atoms with E-state index in [2.05, 4.69) is 20.4 Å². The van der Waals surface area contributed by atoms with Crippen molar-refractivity contribution >= 4 is 17.6 Å². The number of nitrogens with zero attached hydrogens (tertiary/aromatic N) is 5. The SMILES string of the molecule is CC(C)(C)OC(=O)N1C[C@H](Nc2cccc(-c3cnc4cc(C(C)(C)O)cnn34)n2)[C@@H](F)C1. The molecule has 2 atom stereocenters. The zero-order chi connectivity index (χ0) is 24.0. The quantitative estimate of drug-likeness (QED) is 0.620. The molecule has 4 heterocycles. The second-order valence-electron chi connectivity index (χ2n) is 9.78. The third kappa shape index (κ3) is 5.05. The van der Waals surface area contributed by atoms with Crippen LogP contribution in [0.25, 0.3) is 17.0 Å². The van der Waals surface area contributed by atoms with Crippen LogP contribution in [-0.2, 0) is 10.3 Å². The van der Waals surface area contributed by atoms with E-state index in [1.807, 2.05) is 12.1 Å². The Morgan fingerprint density at radius 3 is 2.67 bits per heavy atom. The van der Waals surface area contributed by atoms with Crippen LogP contribution in [0.15, 0.2) is 36.7 Å². The van der Waals surface area contributed by atoms with Gasteiger partial charge in [-0.3, -0.25) is 0 Å². The van der Waals surface area contributed by atoms with Gasteiger partial charge in [-0.2, -0.15) is 5.10 Å². The molecule has 1 fully saturated rings. The van der Waals surface area contributed by atoms with Gasteiger partial charge in [0.1, 0.15) is 23.3 Å². The van der Waals surface area contributed by atoms with Gasteiger partial charge in [-0.05, 0) is 52.8 Å². The highest BCUT2D eigenvalue weighted by molar-refractivity contribution is 5.69. The first-order valence-electron chi connectivity index (χ1n) is 10.8. The summed E-state index contributed by atoms with van der Waals surface area (Å²) >= 11 is 0. The largest absolute Gasteiger partial charge is 0.444 e. The number of amides is 1. The summed E-state index contributed by atoms with van der Waals surface area (Å²) in [5.74, 6) is 0.481. The number of pyridine rings is 1. The average molecular weight is 457 g/mol. The lowest BCUT2D eigenvalue weighted by atomic mass is 10.0. The van der Waals surface area contributed by atoms with Crippen LogP contribution in [0.1, 0.15) is 40.2 Å². The molecule has 9 nitrogen and oxygen atoms in total. The molecule has 1 amide bonds. The number of aromatic nitrogens is 4. The van der Waals surface area contributed by atoms with Crippen molar-refractivity contribution in [2.75, 3.05) is 18.4 Å². The maximum absolute atomic E-state index is 14.6. The molecule has 1 aliphatic heterocycles. The summed E-state index contributed by atoms with van der Waals surface area (Å²) in [7, 11) is 0. The van der Waals surface area contributed by atoms with E-state index in [1.54, 1.807) is 63.7 Å². The van der Waals surface area contributed by atoms with Gasteiger partial charge in [0.05, 0.1) is 36.3 Å². The van der Waals surface area contributed by atoms with Crippen molar-refractivity contribution in [2.45, 2.75) is 58.0 Å². The van der Waals surface area contributed by atoms with Crippen LogP contribution in [0.2, 0.25) is 0 Å². The number of hydrogen-bond donors (Lipinski definition) is 2. The summed E-state index contributed by atoms with van der Waals surface area (Å²) in [4.78, 5) is 22.6. The monoisotopic (exact) mass is 456 g/mol. The number of carbonyl (C=O) groups is 1. The molecule has 1 aliphatic rings. The van der Waals surface area contributed by atoms with Crippen molar-refractivity contribution in [3.8, 4) is 11.4 Å². The number of imidazole rings is 1. The minimum Gasteiger partial charge on any atom is -0.444 e. The molecule has 0 bridgehead atoms. The first-order chi connectivity index (χ1) is 15.4. The molecule has 0 radical (unpaired) electrons. The van der Waals surface area contributed by atoms with E-state index in [-0.39, 0.29) is 13.1 Å². The lowest BCUT2D eigenvalue weighted by Gasteiger charge is -2.24. The van der Waals surface area contributed by atoms with Gasteiger partial charge >= 0.3 is 6.09 Å². The number of aliphatic hydroxyl groups is 1. The number of hydrogen-bond acceptors (Lipinski definition) is 7. The molecule has 1 saturated heterocycles. The second-order valence-corrected chi connectivity index (χ2v) is 9.78. The van der Waals surface area contributed by atoms with Crippen molar-refractivity contribution in [3.63, 3.8) is 0 Å². The normalized spacial score (nSPS) is 19.2. The minimum absolute atomic E-state index is 0.0347. The van der Waals surface area contributed by atoms with E-state index < -0.39 is 29.5 Å². The Labute approximate surface area is 191 Å². The van der Waals surface area contributed by atoms with Gasteiger partial charge in [0.2, 0.25) is 0 Å². The van der Waals surface area contributed by atoms with Crippen LogP contribution in [0.5, 0.6) is 0 Å². The molecule has 0 spiro atoms. The summed E-state index contributed by atoms with van der Waals surface area (Å²) in [6.45, 7) is 8.85. The highest BCUT2D eigenvalue weighted by Gasteiger charge is 2.37. The first-order valence-corrected chi connectivity index (χ1v) is 10.8. The number of rotatable bonds is 4. The van der Waals surface area contributed by atoms with E-state index in [9.17, 15) is 14.3 Å². The molecule has 3 aromatic rings. The molecular weight excluding hydrogens is 427 g/mol. The number of anilines is 1. The van der Waals surface area contributed by atoms with Gasteiger partial charge in [0.15, 0.2) is 5.65 Å². The summed E-state index contributed by atoms with van der Waals surface area (Å²) in [6.07, 6.45) is 1.47. The van der Waals surface area contributed by atoms with Crippen LogP contribution < -0.4 is 5.32 Å². The molecule has 4 rings (SSSR count). The van der Waals surface area contributed by atoms with Gasteiger partial charge < -0.3 is 20.1 Å². The third-order valence-corrected chi connectivity index (χ3v) is 5.31. The molecule has 10 heteroatoms. The van der Waals surface area contributed by atoms with Crippen molar-refractivity contribution < 1.29 is 19.0 Å². The van der Waals surface area contributed by atoms with Gasteiger partial charge in [0, 0.05) is 12.1 Å². The maximum Gasteiger partial charge on any atom is 0.410 e. The van der Waals surface area contributed by atoms with Gasteiger partial charge in [-0.25, -0.2) is 23.7 Å². The summed E-state index contributed by atoms with van der Waals surface area (Å²) in [6, 6.07) is 6.54. The lowest BCUT2D eigenvalue weighted by Crippen LogP contribution is -2.36. The predicted molar refractivity (Wildman–Crippen MR) is 122 cm³/mol. The van der Waals surface area contributed by atoms with Gasteiger partial charge in [-0.15, -0.1) is 0 Å². The first kappa shape index (κ1) is 22.9. The van der Waals surface area contributed by atoms with E-state index in [0.29, 0.717) is 28.4 Å². The third-order valence-electron chi connectivity index (χ3n) is 5.31. The Morgan fingerprint density at radius 1 is 1.21 bits per heavy atom. The van der Waals surface area contributed by atoms with Crippen LogP contribution >= 0.6 is 0 Å². The van der Waals surface area contributed by atoms with E-state index in [1.165, 1.54) is 4.90 Å². The van der Waals surface area contributed by atoms with E-state index in [4.69, 9.17) is 4.74 Å². The zero-order valence-electron chi connectivity index (χ0n) is 19.4. The van der Waals surface area contributed by atoms with Crippen LogP contribution in [0.4, 0.5) is 15.0 Å². The molecule has 176 valence electrons. The average Bonchev–Trinajstić information content (AvgIpc) is 3.29. The minimum atomic E-state index is -1.25. The lowest BCUT2D eigenvalue weighted by molar-refractivity contribution is 0.0283. The van der Waals surface area contributed by atoms with Crippen molar-refractivity contribution in [2.24, 2.45) is 0 Å². The van der Waals surface area contributed by atoms with Gasteiger partial charge in [-0.1, -0.05) is 6.07 Å². The fourth-order valence-electron chi connectivity index (χ4n) is 3.61. The molecule has 0 aromatic carbocycles. The molecule has 0 unspecified atom stereocenters.